The number of amides is 2. The third-order valence-corrected chi connectivity index (χ3v) is 8.78. The Hall–Kier alpha value is -1.10. The molecule has 0 aromatic carbocycles. The number of carbonyl (C=O) groups is 2. The first kappa shape index (κ1) is 36.1. The second-order valence-corrected chi connectivity index (χ2v) is 10.6. The van der Waals surface area contributed by atoms with E-state index in [0.29, 0.717) is 6.54 Å². The zero-order valence-electron chi connectivity index (χ0n) is 25.3. The van der Waals surface area contributed by atoms with Crippen molar-refractivity contribution in [2.75, 3.05) is 13.2 Å². The van der Waals surface area contributed by atoms with Crippen molar-refractivity contribution in [2.45, 2.75) is 152 Å². The summed E-state index contributed by atoms with van der Waals surface area (Å²) in [5.41, 5.74) is 4.23. The monoisotopic (exact) mass is 498 g/mol. The molecule has 0 saturated heterocycles. The van der Waals surface area contributed by atoms with E-state index >= 15 is 0 Å². The molecule has 3 N–H and O–H groups in total. The summed E-state index contributed by atoms with van der Waals surface area (Å²) in [5.74, 6) is 0.651. The van der Waals surface area contributed by atoms with Gasteiger partial charge in [0, 0.05) is 25.5 Å². The maximum atomic E-state index is 13.6. The lowest BCUT2D eigenvalue weighted by Crippen LogP contribution is -2.50. The maximum Gasteiger partial charge on any atom is 0.226 e. The molecular formula is C30H62N2O3. The van der Waals surface area contributed by atoms with Crippen LogP contribution in [0.2, 0.25) is 0 Å². The van der Waals surface area contributed by atoms with Crippen LogP contribution in [0.5, 0.6) is 0 Å². The number of carbonyl (C=O) groups excluding carboxylic acids is 2. The molecule has 0 fully saturated rings. The molecule has 0 bridgehead atoms. The summed E-state index contributed by atoms with van der Waals surface area (Å²) in [5, 5.41) is 3.38. The summed E-state index contributed by atoms with van der Waals surface area (Å²) in [6.45, 7) is 22.9. The highest BCUT2D eigenvalue weighted by Crippen LogP contribution is 2.46. The molecule has 0 unspecified atom stereocenters. The molecule has 0 radical (unpaired) electrons. The second kappa shape index (κ2) is 19.1. The molecule has 0 aliphatic rings. The van der Waals surface area contributed by atoms with Crippen LogP contribution in [0.4, 0.5) is 0 Å². The van der Waals surface area contributed by atoms with Crippen LogP contribution in [-0.2, 0) is 14.3 Å². The molecule has 0 aromatic rings. The predicted molar refractivity (Wildman–Crippen MR) is 151 cm³/mol. The zero-order valence-corrected chi connectivity index (χ0v) is 25.3. The highest BCUT2D eigenvalue weighted by Gasteiger charge is 2.42. The van der Waals surface area contributed by atoms with Crippen molar-refractivity contribution in [1.29, 1.82) is 0 Å². The SMILES string of the molecule is CC(N)=O.CCCC(CC)(CC)CC(CC)(CC)C(=O)NCC(CC)(CC)OCCC(CC)CC. The molecule has 0 aliphatic carbocycles. The average molecular weight is 499 g/mol. The number of rotatable bonds is 19. The van der Waals surface area contributed by atoms with Crippen molar-refractivity contribution in [1.82, 2.24) is 5.32 Å². The Morgan fingerprint density at radius 3 is 1.66 bits per heavy atom. The summed E-state index contributed by atoms with van der Waals surface area (Å²) in [7, 11) is 0. The molecule has 0 rings (SSSR count). The normalized spacial score (nSPS) is 12.3. The summed E-state index contributed by atoms with van der Waals surface area (Å²) in [4.78, 5) is 22.8. The van der Waals surface area contributed by atoms with Gasteiger partial charge in [0.2, 0.25) is 11.8 Å². The van der Waals surface area contributed by atoms with Crippen LogP contribution in [0.15, 0.2) is 0 Å². The Bertz CT molecular complexity index is 542. The van der Waals surface area contributed by atoms with Gasteiger partial charge in [0.15, 0.2) is 0 Å². The minimum absolute atomic E-state index is 0.245. The van der Waals surface area contributed by atoms with E-state index in [1.807, 2.05) is 0 Å². The molecule has 0 aliphatic heterocycles. The van der Waals surface area contributed by atoms with E-state index in [0.717, 1.165) is 63.9 Å². The molecular weight excluding hydrogens is 436 g/mol. The average Bonchev–Trinajstić information content (AvgIpc) is 2.86. The van der Waals surface area contributed by atoms with Gasteiger partial charge in [-0.05, 0) is 56.3 Å². The molecule has 0 saturated carbocycles. The predicted octanol–water partition coefficient (Wildman–Crippen LogP) is 7.80. The second-order valence-electron chi connectivity index (χ2n) is 10.6. The largest absolute Gasteiger partial charge is 0.373 e. The lowest BCUT2D eigenvalue weighted by atomic mass is 9.63. The molecule has 0 atom stereocenters. The number of hydrogen-bond acceptors (Lipinski definition) is 3. The van der Waals surface area contributed by atoms with Crippen LogP contribution in [0.1, 0.15) is 146 Å². The zero-order chi connectivity index (χ0) is 27.5. The first-order valence-electron chi connectivity index (χ1n) is 14.7. The number of ether oxygens (including phenoxy) is 1. The standard InChI is InChI=1S/C28H57NO2.C2H5NO/c1-10-20-26(13-4,14-5)22-27(15-6,16-7)25(30)29-23-28(17-8,18-9)31-21-19-24(11-2)12-3;1-2(3)4/h24H,10-23H2,1-9H3,(H,29,30);1H3,(H2,3,4). The molecule has 2 amide bonds. The van der Waals surface area contributed by atoms with Crippen molar-refractivity contribution in [3.05, 3.63) is 0 Å². The Balaban J connectivity index is 0. The van der Waals surface area contributed by atoms with Gasteiger partial charge in [0.05, 0.1) is 5.60 Å². The quantitative estimate of drug-likeness (QED) is 0.191. The van der Waals surface area contributed by atoms with Gasteiger partial charge in [0.25, 0.3) is 0 Å². The Morgan fingerprint density at radius 1 is 0.829 bits per heavy atom. The lowest BCUT2D eigenvalue weighted by Gasteiger charge is -2.42. The number of nitrogens with two attached hydrogens (primary N) is 1. The molecule has 0 spiro atoms. The van der Waals surface area contributed by atoms with Gasteiger partial charge in [0.1, 0.15) is 0 Å². The van der Waals surface area contributed by atoms with Gasteiger partial charge >= 0.3 is 0 Å². The molecule has 0 heterocycles. The maximum absolute atomic E-state index is 13.6. The Kier molecular flexibility index (Phi) is 19.6. The third-order valence-electron chi connectivity index (χ3n) is 8.78. The van der Waals surface area contributed by atoms with Gasteiger partial charge in [-0.25, -0.2) is 0 Å². The van der Waals surface area contributed by atoms with Crippen molar-refractivity contribution in [3.63, 3.8) is 0 Å². The van der Waals surface area contributed by atoms with Crippen molar-refractivity contribution < 1.29 is 14.3 Å². The molecule has 0 aromatic heterocycles. The van der Waals surface area contributed by atoms with Crippen LogP contribution in [0.3, 0.4) is 0 Å². The summed E-state index contributed by atoms with van der Waals surface area (Å²) < 4.78 is 6.46. The van der Waals surface area contributed by atoms with Crippen LogP contribution < -0.4 is 11.1 Å². The number of nitrogens with one attached hydrogen (secondary N) is 1. The smallest absolute Gasteiger partial charge is 0.226 e. The molecule has 35 heavy (non-hydrogen) atoms. The van der Waals surface area contributed by atoms with E-state index in [2.05, 4.69) is 73.4 Å². The highest BCUT2D eigenvalue weighted by atomic mass is 16.5. The van der Waals surface area contributed by atoms with Crippen molar-refractivity contribution in [2.24, 2.45) is 22.5 Å². The molecule has 210 valence electrons. The van der Waals surface area contributed by atoms with E-state index in [1.165, 1.54) is 32.6 Å². The molecule has 5 heteroatoms. The van der Waals surface area contributed by atoms with E-state index in [9.17, 15) is 9.59 Å². The summed E-state index contributed by atoms with van der Waals surface area (Å²) in [6, 6.07) is 0. The topological polar surface area (TPSA) is 81.4 Å². The fourth-order valence-electron chi connectivity index (χ4n) is 5.41. The fraction of sp³-hybridized carbons (Fsp3) is 0.933. The van der Waals surface area contributed by atoms with Crippen molar-refractivity contribution >= 4 is 11.8 Å². The first-order chi connectivity index (χ1) is 16.5. The summed E-state index contributed by atoms with van der Waals surface area (Å²) in [6.07, 6.45) is 12.9. The van der Waals surface area contributed by atoms with E-state index < -0.39 is 0 Å². The van der Waals surface area contributed by atoms with Crippen LogP contribution in [-0.4, -0.2) is 30.6 Å². The van der Waals surface area contributed by atoms with Crippen LogP contribution >= 0.6 is 0 Å². The van der Waals surface area contributed by atoms with Gasteiger partial charge in [-0.1, -0.05) is 94.4 Å². The number of hydrogen-bond donors (Lipinski definition) is 2. The minimum atomic E-state index is -0.333. The number of primary amides is 1. The van der Waals surface area contributed by atoms with Crippen LogP contribution in [0, 0.1) is 16.7 Å². The van der Waals surface area contributed by atoms with E-state index in [1.54, 1.807) is 0 Å². The van der Waals surface area contributed by atoms with E-state index in [-0.39, 0.29) is 28.2 Å². The third kappa shape index (κ3) is 12.6. The molecule has 5 nitrogen and oxygen atoms in total. The minimum Gasteiger partial charge on any atom is -0.373 e. The van der Waals surface area contributed by atoms with E-state index in [4.69, 9.17) is 4.74 Å². The Morgan fingerprint density at radius 2 is 1.31 bits per heavy atom. The van der Waals surface area contributed by atoms with Crippen molar-refractivity contribution in [3.8, 4) is 0 Å². The fourth-order valence-corrected chi connectivity index (χ4v) is 5.41. The van der Waals surface area contributed by atoms with Gasteiger partial charge < -0.3 is 15.8 Å². The lowest BCUT2D eigenvalue weighted by molar-refractivity contribution is -0.136. The Labute approximate surface area is 219 Å². The van der Waals surface area contributed by atoms with Crippen LogP contribution in [0.25, 0.3) is 0 Å². The van der Waals surface area contributed by atoms with Gasteiger partial charge in [-0.2, -0.15) is 0 Å². The van der Waals surface area contributed by atoms with Gasteiger partial charge in [-0.15, -0.1) is 0 Å². The highest BCUT2D eigenvalue weighted by molar-refractivity contribution is 5.82. The summed E-state index contributed by atoms with van der Waals surface area (Å²) >= 11 is 0. The first-order valence-corrected chi connectivity index (χ1v) is 14.7. The van der Waals surface area contributed by atoms with Gasteiger partial charge in [-0.3, -0.25) is 9.59 Å².